The number of nitrogens with zero attached hydrogens (tertiary/aromatic N) is 2. The van der Waals surface area contributed by atoms with Crippen LogP contribution >= 0.6 is 0 Å². The molecule has 0 radical (unpaired) electrons. The molecule has 0 bridgehead atoms. The number of rotatable bonds is 2. The van der Waals surface area contributed by atoms with Gasteiger partial charge in [0.05, 0.1) is 5.56 Å². The second-order valence-electron chi connectivity index (χ2n) is 8.48. The van der Waals surface area contributed by atoms with Crippen molar-refractivity contribution in [3.8, 4) is 0 Å². The van der Waals surface area contributed by atoms with Crippen LogP contribution in [0.25, 0.3) is 0 Å². The number of nitrogens with one attached hydrogen (secondary N) is 1. The van der Waals surface area contributed by atoms with Gasteiger partial charge in [-0.15, -0.1) is 0 Å². The normalized spacial score (nSPS) is 34.4. The van der Waals surface area contributed by atoms with Crippen molar-refractivity contribution in [3.05, 3.63) is 34.4 Å². The van der Waals surface area contributed by atoms with Crippen molar-refractivity contribution >= 4 is 17.7 Å². The van der Waals surface area contributed by atoms with E-state index in [1.807, 2.05) is 0 Å². The Bertz CT molecular complexity index is 1220. The van der Waals surface area contributed by atoms with Crippen LogP contribution in [0.4, 0.5) is 8.78 Å². The number of fused-ring (bicyclic) bond motifs is 1. The molecule has 4 rings (SSSR count). The van der Waals surface area contributed by atoms with E-state index < -0.39 is 90.3 Å². The smallest absolute Gasteiger partial charge is 0.258 e. The molecule has 3 amide bonds. The second kappa shape index (κ2) is 7.41. The average molecular weight is 428 g/mol. The fraction of sp³-hybridized carbons (Fsp3) is 0.591. The average Bonchev–Trinajstić information content (AvgIpc) is 3.05. The molecule has 2 saturated heterocycles. The van der Waals surface area contributed by atoms with Gasteiger partial charge in [0.1, 0.15) is 6.04 Å². The van der Waals surface area contributed by atoms with Crippen molar-refractivity contribution < 1.29 is 34.1 Å². The van der Waals surface area contributed by atoms with Crippen LogP contribution in [0, 0.1) is 11.6 Å². The van der Waals surface area contributed by atoms with E-state index >= 15 is 8.78 Å². The van der Waals surface area contributed by atoms with Crippen LogP contribution in [-0.2, 0) is 16.1 Å². The first kappa shape index (κ1) is 13.1. The van der Waals surface area contributed by atoms with E-state index in [1.165, 1.54) is 20.8 Å². The summed E-state index contributed by atoms with van der Waals surface area (Å²) in [7, 11) is 0. The zero-order valence-electron chi connectivity index (χ0n) is 24.7. The predicted molar refractivity (Wildman–Crippen MR) is 106 cm³/mol. The maximum Gasteiger partial charge on any atom is 0.258 e. The van der Waals surface area contributed by atoms with E-state index in [9.17, 15) is 14.4 Å². The van der Waals surface area contributed by atoms with Crippen molar-refractivity contribution in [3.63, 3.8) is 0 Å². The second-order valence-corrected chi connectivity index (χ2v) is 8.48. The Kier molecular flexibility index (Phi) is 3.25. The number of carbonyl (C=O) groups excluding carboxylic acids is 3. The SMILES string of the molecule is [2H]C1([2H])C(c2cc3c(c(F)c2F)C(=O)N(C2CCC(=O)NC2=O)C3)C([2H])([2H])C([2H])([2H])N(C(C)(C)C)C1([2H])[2H]. The Morgan fingerprint density at radius 2 is 1.80 bits per heavy atom. The zero-order valence-corrected chi connectivity index (χ0v) is 16.7. The summed E-state index contributed by atoms with van der Waals surface area (Å²) in [6, 6.07) is -0.314. The molecule has 0 aromatic heterocycles. The quantitative estimate of drug-likeness (QED) is 0.737. The van der Waals surface area contributed by atoms with Crippen molar-refractivity contribution in [1.82, 2.24) is 15.1 Å². The molecule has 0 aliphatic carbocycles. The summed E-state index contributed by atoms with van der Waals surface area (Å²) in [5.74, 6) is -8.41. The molecule has 1 aromatic carbocycles. The fourth-order valence-corrected chi connectivity index (χ4v) is 3.71. The molecule has 3 aliphatic rings. The van der Waals surface area contributed by atoms with Gasteiger partial charge in [-0.1, -0.05) is 0 Å². The van der Waals surface area contributed by atoms with Crippen LogP contribution in [0.15, 0.2) is 6.07 Å². The van der Waals surface area contributed by atoms with Gasteiger partial charge in [-0.3, -0.25) is 24.6 Å². The lowest BCUT2D eigenvalue weighted by molar-refractivity contribution is -0.136. The number of likely N-dealkylation sites (tertiary alicyclic amines) is 1. The standard InChI is InChI=1S/C22H27F2N3O3/c1-22(2,3)26-8-6-12(7-9-26)14-10-13-11-27(15-4-5-16(28)25-20(15)29)21(30)17(13)19(24)18(14)23/h10,12,15H,4-9,11H2,1-3H3,(H,25,28,29)/i6D2,7D2,8D2,9D2. The summed E-state index contributed by atoms with van der Waals surface area (Å²) in [5.41, 5.74) is -3.32. The van der Waals surface area contributed by atoms with Crippen LogP contribution in [0.5, 0.6) is 0 Å². The largest absolute Gasteiger partial charge is 0.322 e. The minimum Gasteiger partial charge on any atom is -0.322 e. The first-order chi connectivity index (χ1) is 17.1. The zero-order chi connectivity index (χ0) is 29.0. The molecule has 6 nitrogen and oxygen atoms in total. The summed E-state index contributed by atoms with van der Waals surface area (Å²) >= 11 is 0. The summed E-state index contributed by atoms with van der Waals surface area (Å²) in [6.45, 7) is -2.69. The molecule has 1 N–H and O–H groups in total. The van der Waals surface area contributed by atoms with E-state index in [1.54, 1.807) is 0 Å². The molecule has 1 atom stereocenters. The number of hydrogen-bond acceptors (Lipinski definition) is 4. The summed E-state index contributed by atoms with van der Waals surface area (Å²) in [4.78, 5) is 38.1. The molecule has 0 saturated carbocycles. The molecule has 1 unspecified atom stereocenters. The van der Waals surface area contributed by atoms with Gasteiger partial charge >= 0.3 is 0 Å². The molecule has 2 fully saturated rings. The number of piperidine rings is 2. The molecule has 162 valence electrons. The van der Waals surface area contributed by atoms with Crippen LogP contribution in [0.2, 0.25) is 0 Å². The van der Waals surface area contributed by atoms with Gasteiger partial charge in [0.2, 0.25) is 11.8 Å². The number of amides is 3. The highest BCUT2D eigenvalue weighted by Crippen LogP contribution is 2.38. The van der Waals surface area contributed by atoms with Crippen molar-refractivity contribution in [2.24, 2.45) is 0 Å². The van der Waals surface area contributed by atoms with E-state index in [4.69, 9.17) is 11.0 Å². The highest BCUT2D eigenvalue weighted by atomic mass is 19.2. The Morgan fingerprint density at radius 1 is 1.13 bits per heavy atom. The van der Waals surface area contributed by atoms with E-state index in [0.29, 0.717) is 4.90 Å². The lowest BCUT2D eigenvalue weighted by Crippen LogP contribution is -2.52. The minimum atomic E-state index is -3.29. The molecule has 3 heterocycles. The van der Waals surface area contributed by atoms with Gasteiger partial charge in [-0.25, -0.2) is 8.78 Å². The Hall–Kier alpha value is -2.35. The molecule has 8 heteroatoms. The lowest BCUT2D eigenvalue weighted by atomic mass is 9.85. The first-order valence-corrected chi connectivity index (χ1v) is 9.56. The highest BCUT2D eigenvalue weighted by molar-refractivity contribution is 6.05. The third-order valence-electron chi connectivity index (χ3n) is 5.34. The van der Waals surface area contributed by atoms with E-state index in [0.717, 1.165) is 11.0 Å². The minimum absolute atomic E-state index is 0.0574. The molecule has 3 aliphatic heterocycles. The maximum absolute atomic E-state index is 15.6. The summed E-state index contributed by atoms with van der Waals surface area (Å²) in [5, 5.41) is 2.07. The van der Waals surface area contributed by atoms with Gasteiger partial charge in [0.25, 0.3) is 5.91 Å². The lowest BCUT2D eigenvalue weighted by Gasteiger charge is -2.41. The predicted octanol–water partition coefficient (Wildman–Crippen LogP) is 2.70. The van der Waals surface area contributed by atoms with Gasteiger partial charge in [0, 0.05) is 29.5 Å². The van der Waals surface area contributed by atoms with Crippen LogP contribution in [-0.4, -0.2) is 52.1 Å². The Morgan fingerprint density at radius 3 is 2.40 bits per heavy atom. The van der Waals surface area contributed by atoms with Crippen LogP contribution in [0.3, 0.4) is 0 Å². The number of carbonyl (C=O) groups is 3. The van der Waals surface area contributed by atoms with Crippen molar-refractivity contribution in [2.45, 2.75) is 70.4 Å². The first-order valence-electron chi connectivity index (χ1n) is 13.6. The number of hydrogen-bond donors (Lipinski definition) is 1. The number of imide groups is 1. The third-order valence-corrected chi connectivity index (χ3v) is 5.34. The Labute approximate surface area is 185 Å². The molecular formula is C22H27F2N3O3. The fourth-order valence-electron chi connectivity index (χ4n) is 3.71. The van der Waals surface area contributed by atoms with Crippen LogP contribution in [0.1, 0.15) is 84.7 Å². The number of benzene rings is 1. The van der Waals surface area contributed by atoms with Gasteiger partial charge < -0.3 is 4.90 Å². The molecule has 0 spiro atoms. The summed E-state index contributed by atoms with van der Waals surface area (Å²) < 4.78 is 99.5. The number of halogens is 2. The molecule has 30 heavy (non-hydrogen) atoms. The van der Waals surface area contributed by atoms with E-state index in [-0.39, 0.29) is 18.4 Å². The molecule has 1 aromatic rings. The van der Waals surface area contributed by atoms with Gasteiger partial charge in [0.15, 0.2) is 11.6 Å². The Balaban J connectivity index is 1.87. The van der Waals surface area contributed by atoms with Gasteiger partial charge in [-0.2, -0.15) is 0 Å². The van der Waals surface area contributed by atoms with E-state index in [2.05, 4.69) is 5.32 Å². The maximum atomic E-state index is 15.6. The third kappa shape index (κ3) is 3.51. The highest BCUT2D eigenvalue weighted by Gasteiger charge is 2.42. The van der Waals surface area contributed by atoms with Crippen molar-refractivity contribution in [1.29, 1.82) is 0 Å². The summed E-state index contributed by atoms with van der Waals surface area (Å²) in [6.07, 6.45) is -6.72. The van der Waals surface area contributed by atoms with Crippen LogP contribution < -0.4 is 5.32 Å². The molecular weight excluding hydrogens is 392 g/mol. The topological polar surface area (TPSA) is 69.7 Å². The van der Waals surface area contributed by atoms with Crippen molar-refractivity contribution in [2.75, 3.05) is 13.0 Å². The monoisotopic (exact) mass is 427 g/mol. The van der Waals surface area contributed by atoms with Gasteiger partial charge in [-0.05, 0) is 76.0 Å².